The van der Waals surface area contributed by atoms with Crippen molar-refractivity contribution in [2.45, 2.75) is 51.6 Å². The summed E-state index contributed by atoms with van der Waals surface area (Å²) >= 11 is 0. The van der Waals surface area contributed by atoms with E-state index in [1.165, 1.54) is 25.7 Å². The zero-order valence-electron chi connectivity index (χ0n) is 12.9. The SMILES string of the molecule is Cc1n[nH]c(C)c1NC(=O)CN1CCCC1C1CCCN1. The molecule has 0 aliphatic carbocycles. The molecule has 3 rings (SSSR count). The molecule has 2 unspecified atom stereocenters. The Hall–Kier alpha value is -1.40. The fraction of sp³-hybridized carbons (Fsp3) is 0.733. The van der Waals surface area contributed by atoms with E-state index in [-0.39, 0.29) is 5.91 Å². The van der Waals surface area contributed by atoms with Gasteiger partial charge in [-0.15, -0.1) is 0 Å². The zero-order chi connectivity index (χ0) is 14.8. The van der Waals surface area contributed by atoms with Crippen LogP contribution in [0, 0.1) is 13.8 Å². The van der Waals surface area contributed by atoms with Crippen LogP contribution in [0.4, 0.5) is 5.69 Å². The molecule has 2 aliphatic heterocycles. The maximum absolute atomic E-state index is 12.3. The smallest absolute Gasteiger partial charge is 0.238 e. The van der Waals surface area contributed by atoms with Crippen LogP contribution in [-0.4, -0.2) is 52.7 Å². The lowest BCUT2D eigenvalue weighted by Gasteiger charge is -2.28. The number of anilines is 1. The number of nitrogens with zero attached hydrogens (tertiary/aromatic N) is 2. The number of amides is 1. The predicted octanol–water partition coefficient (Wildman–Crippen LogP) is 1.18. The molecule has 0 bridgehead atoms. The third kappa shape index (κ3) is 3.11. The predicted molar refractivity (Wildman–Crippen MR) is 82.3 cm³/mol. The van der Waals surface area contributed by atoms with E-state index in [9.17, 15) is 4.79 Å². The third-order valence-electron chi connectivity index (χ3n) is 4.72. The van der Waals surface area contributed by atoms with Crippen LogP contribution in [0.5, 0.6) is 0 Å². The topological polar surface area (TPSA) is 73.0 Å². The number of carbonyl (C=O) groups is 1. The van der Waals surface area contributed by atoms with E-state index in [0.717, 1.165) is 30.2 Å². The molecule has 2 fully saturated rings. The Morgan fingerprint density at radius 2 is 2.24 bits per heavy atom. The van der Waals surface area contributed by atoms with Crippen molar-refractivity contribution in [3.8, 4) is 0 Å². The van der Waals surface area contributed by atoms with Gasteiger partial charge in [0.05, 0.1) is 23.6 Å². The van der Waals surface area contributed by atoms with Crippen LogP contribution in [-0.2, 0) is 4.79 Å². The molecule has 2 atom stereocenters. The lowest BCUT2D eigenvalue weighted by molar-refractivity contribution is -0.117. The fourth-order valence-corrected chi connectivity index (χ4v) is 3.64. The van der Waals surface area contributed by atoms with E-state index in [1.807, 2.05) is 13.8 Å². The number of aromatic nitrogens is 2. The number of rotatable bonds is 4. The maximum Gasteiger partial charge on any atom is 0.238 e. The summed E-state index contributed by atoms with van der Waals surface area (Å²) in [6, 6.07) is 1.09. The van der Waals surface area contributed by atoms with Crippen LogP contribution in [0.25, 0.3) is 0 Å². The van der Waals surface area contributed by atoms with Crippen molar-refractivity contribution >= 4 is 11.6 Å². The minimum Gasteiger partial charge on any atom is -0.322 e. The Morgan fingerprint density at radius 3 is 2.90 bits per heavy atom. The molecule has 2 saturated heterocycles. The van der Waals surface area contributed by atoms with Gasteiger partial charge in [-0.05, 0) is 52.6 Å². The van der Waals surface area contributed by atoms with Crippen LogP contribution in [0.15, 0.2) is 0 Å². The van der Waals surface area contributed by atoms with Gasteiger partial charge < -0.3 is 10.6 Å². The molecule has 0 aromatic carbocycles. The molecule has 3 N–H and O–H groups in total. The minimum absolute atomic E-state index is 0.0625. The van der Waals surface area contributed by atoms with Crippen LogP contribution in [0.1, 0.15) is 37.1 Å². The molecule has 2 aliphatic rings. The largest absolute Gasteiger partial charge is 0.322 e. The zero-order valence-corrected chi connectivity index (χ0v) is 12.9. The summed E-state index contributed by atoms with van der Waals surface area (Å²) in [6.45, 7) is 6.46. The number of carbonyl (C=O) groups excluding carboxylic acids is 1. The van der Waals surface area contributed by atoms with Gasteiger partial charge in [0.2, 0.25) is 5.91 Å². The number of aryl methyl sites for hydroxylation is 2. The molecule has 0 spiro atoms. The van der Waals surface area contributed by atoms with Crippen molar-refractivity contribution in [2.75, 3.05) is 25.0 Å². The van der Waals surface area contributed by atoms with E-state index >= 15 is 0 Å². The first-order chi connectivity index (χ1) is 10.1. The van der Waals surface area contributed by atoms with Gasteiger partial charge in [-0.3, -0.25) is 14.8 Å². The third-order valence-corrected chi connectivity index (χ3v) is 4.72. The average molecular weight is 291 g/mol. The van der Waals surface area contributed by atoms with E-state index in [0.29, 0.717) is 18.6 Å². The van der Waals surface area contributed by atoms with Gasteiger partial charge in [0.25, 0.3) is 0 Å². The summed E-state index contributed by atoms with van der Waals surface area (Å²) in [6.07, 6.45) is 4.89. The number of likely N-dealkylation sites (tertiary alicyclic amines) is 1. The Morgan fingerprint density at radius 1 is 1.38 bits per heavy atom. The number of aromatic amines is 1. The summed E-state index contributed by atoms with van der Waals surface area (Å²) in [7, 11) is 0. The highest BCUT2D eigenvalue weighted by molar-refractivity contribution is 5.93. The second kappa shape index (κ2) is 6.15. The molecule has 21 heavy (non-hydrogen) atoms. The van der Waals surface area contributed by atoms with Crippen molar-refractivity contribution in [1.29, 1.82) is 0 Å². The van der Waals surface area contributed by atoms with Gasteiger partial charge in [0, 0.05) is 12.1 Å². The molecule has 1 aromatic heterocycles. The molecule has 6 nitrogen and oxygen atoms in total. The first kappa shape index (κ1) is 14.5. The highest BCUT2D eigenvalue weighted by Crippen LogP contribution is 2.25. The van der Waals surface area contributed by atoms with Crippen LogP contribution in [0.2, 0.25) is 0 Å². The van der Waals surface area contributed by atoms with E-state index in [1.54, 1.807) is 0 Å². The molecule has 3 heterocycles. The van der Waals surface area contributed by atoms with E-state index < -0.39 is 0 Å². The van der Waals surface area contributed by atoms with Gasteiger partial charge in [0.15, 0.2) is 0 Å². The van der Waals surface area contributed by atoms with Gasteiger partial charge in [0.1, 0.15) is 0 Å². The molecular formula is C15H25N5O. The van der Waals surface area contributed by atoms with Crippen molar-refractivity contribution in [1.82, 2.24) is 20.4 Å². The monoisotopic (exact) mass is 291 g/mol. The molecular weight excluding hydrogens is 266 g/mol. The first-order valence-electron chi connectivity index (χ1n) is 7.94. The lowest BCUT2D eigenvalue weighted by Crippen LogP contribution is -2.46. The number of H-pyrrole nitrogens is 1. The Kier molecular flexibility index (Phi) is 4.26. The minimum atomic E-state index is 0.0625. The van der Waals surface area contributed by atoms with E-state index in [2.05, 4.69) is 25.7 Å². The van der Waals surface area contributed by atoms with Gasteiger partial charge in [-0.1, -0.05) is 0 Å². The van der Waals surface area contributed by atoms with Crippen LogP contribution < -0.4 is 10.6 Å². The van der Waals surface area contributed by atoms with Gasteiger partial charge in [-0.25, -0.2) is 0 Å². The van der Waals surface area contributed by atoms with Crippen molar-refractivity contribution in [2.24, 2.45) is 0 Å². The van der Waals surface area contributed by atoms with Gasteiger partial charge >= 0.3 is 0 Å². The number of hydrogen-bond donors (Lipinski definition) is 3. The summed E-state index contributed by atoms with van der Waals surface area (Å²) in [5, 5.41) is 13.6. The lowest BCUT2D eigenvalue weighted by atomic mass is 10.0. The standard InChI is InChI=1S/C15H25N5O/c1-10-15(11(2)19-18-10)17-14(21)9-20-8-4-6-13(20)12-5-3-7-16-12/h12-13,16H,3-9H2,1-2H3,(H,17,21)(H,18,19). The van der Waals surface area contributed by atoms with Crippen LogP contribution in [0.3, 0.4) is 0 Å². The second-order valence-electron chi connectivity index (χ2n) is 6.24. The highest BCUT2D eigenvalue weighted by atomic mass is 16.2. The summed E-state index contributed by atoms with van der Waals surface area (Å²) in [4.78, 5) is 14.7. The average Bonchev–Trinajstić information content (AvgIpc) is 3.16. The Bertz CT molecular complexity index is 487. The normalized spacial score (nSPS) is 26.4. The molecule has 116 valence electrons. The summed E-state index contributed by atoms with van der Waals surface area (Å²) in [5.41, 5.74) is 2.59. The molecule has 6 heteroatoms. The molecule has 0 saturated carbocycles. The summed E-state index contributed by atoms with van der Waals surface area (Å²) < 4.78 is 0. The first-order valence-corrected chi connectivity index (χ1v) is 7.94. The molecule has 1 aromatic rings. The molecule has 0 radical (unpaired) electrons. The second-order valence-corrected chi connectivity index (χ2v) is 6.24. The number of hydrogen-bond acceptors (Lipinski definition) is 4. The van der Waals surface area contributed by atoms with Crippen molar-refractivity contribution < 1.29 is 4.79 Å². The highest BCUT2D eigenvalue weighted by Gasteiger charge is 2.34. The Balaban J connectivity index is 1.59. The quantitative estimate of drug-likeness (QED) is 0.779. The number of nitrogens with one attached hydrogen (secondary N) is 3. The van der Waals surface area contributed by atoms with Crippen molar-refractivity contribution in [3.63, 3.8) is 0 Å². The van der Waals surface area contributed by atoms with Crippen molar-refractivity contribution in [3.05, 3.63) is 11.4 Å². The van der Waals surface area contributed by atoms with Gasteiger partial charge in [-0.2, -0.15) is 5.10 Å². The maximum atomic E-state index is 12.3. The molecule has 1 amide bonds. The summed E-state index contributed by atoms with van der Waals surface area (Å²) in [5.74, 6) is 0.0625. The Labute approximate surface area is 125 Å². The van der Waals surface area contributed by atoms with Crippen LogP contribution >= 0.6 is 0 Å². The van der Waals surface area contributed by atoms with E-state index in [4.69, 9.17) is 0 Å². The fourth-order valence-electron chi connectivity index (χ4n) is 3.64.